The molecule has 1 saturated heterocycles. The van der Waals surface area contributed by atoms with Gasteiger partial charge in [0.2, 0.25) is 5.91 Å². The molecule has 1 aliphatic heterocycles. The number of fused-ring (bicyclic) bond motifs is 1. The fourth-order valence-electron chi connectivity index (χ4n) is 3.35. The first kappa shape index (κ1) is 16.7. The van der Waals surface area contributed by atoms with E-state index in [2.05, 4.69) is 41.7 Å². The zero-order chi connectivity index (χ0) is 16.4. The average Bonchev–Trinajstić information content (AvgIpc) is 2.88. The van der Waals surface area contributed by atoms with Crippen molar-refractivity contribution in [1.82, 2.24) is 14.9 Å². The summed E-state index contributed by atoms with van der Waals surface area (Å²) < 4.78 is 0. The van der Waals surface area contributed by atoms with Gasteiger partial charge in [-0.1, -0.05) is 0 Å². The van der Waals surface area contributed by atoms with Crippen molar-refractivity contribution in [1.29, 1.82) is 0 Å². The molecule has 0 saturated carbocycles. The Bertz CT molecular complexity index is 690. The number of hydrogen-bond acceptors (Lipinski definition) is 5. The molecule has 2 aromatic heterocycles. The zero-order valence-electron chi connectivity index (χ0n) is 13.9. The molecule has 0 N–H and O–H groups in total. The van der Waals surface area contributed by atoms with Crippen LogP contribution in [0.3, 0.4) is 0 Å². The molecule has 23 heavy (non-hydrogen) atoms. The highest BCUT2D eigenvalue weighted by Gasteiger charge is 2.28. The van der Waals surface area contributed by atoms with Gasteiger partial charge in [-0.2, -0.15) is 0 Å². The fourth-order valence-corrected chi connectivity index (χ4v) is 5.16. The van der Waals surface area contributed by atoms with Gasteiger partial charge in [-0.3, -0.25) is 4.79 Å². The van der Waals surface area contributed by atoms with E-state index in [-0.39, 0.29) is 5.91 Å². The maximum atomic E-state index is 12.6. The lowest BCUT2D eigenvalue weighted by Gasteiger charge is -2.39. The topological polar surface area (TPSA) is 46.1 Å². The smallest absolute Gasteiger partial charge is 0.223 e. The van der Waals surface area contributed by atoms with Crippen LogP contribution in [-0.4, -0.2) is 38.6 Å². The fraction of sp³-hybridized carbons (Fsp3) is 0.588. The summed E-state index contributed by atoms with van der Waals surface area (Å²) >= 11 is 3.36. The molecule has 124 valence electrons. The number of thioether (sulfide) groups is 1. The van der Waals surface area contributed by atoms with Gasteiger partial charge in [0.1, 0.15) is 16.2 Å². The van der Waals surface area contributed by atoms with E-state index in [4.69, 9.17) is 0 Å². The minimum absolute atomic E-state index is 0.281. The van der Waals surface area contributed by atoms with Crippen molar-refractivity contribution in [3.05, 3.63) is 17.3 Å². The Morgan fingerprint density at radius 3 is 2.83 bits per heavy atom. The number of piperidine rings is 1. The van der Waals surface area contributed by atoms with Crippen molar-refractivity contribution in [2.75, 3.05) is 5.75 Å². The Kier molecular flexibility index (Phi) is 5.21. The quantitative estimate of drug-likeness (QED) is 0.611. The van der Waals surface area contributed by atoms with Crippen molar-refractivity contribution in [3.63, 3.8) is 0 Å². The van der Waals surface area contributed by atoms with E-state index >= 15 is 0 Å². The van der Waals surface area contributed by atoms with E-state index in [1.54, 1.807) is 29.4 Å². The van der Waals surface area contributed by atoms with E-state index in [1.807, 2.05) is 0 Å². The summed E-state index contributed by atoms with van der Waals surface area (Å²) in [6.45, 7) is 6.43. The van der Waals surface area contributed by atoms with Crippen molar-refractivity contribution in [2.45, 2.75) is 63.6 Å². The third-order valence-corrected chi connectivity index (χ3v) is 6.42. The van der Waals surface area contributed by atoms with Gasteiger partial charge in [0.25, 0.3) is 0 Å². The first-order valence-electron chi connectivity index (χ1n) is 8.21. The SMILES string of the molecule is Cc1cc2c(SCCC(=O)N3C(C)CCCC3C)ncnc2s1. The molecule has 2 unspecified atom stereocenters. The van der Waals surface area contributed by atoms with E-state index in [0.717, 1.165) is 33.8 Å². The molecule has 0 aliphatic carbocycles. The number of carbonyl (C=O) groups excluding carboxylic acids is 1. The molecule has 1 aliphatic rings. The number of hydrogen-bond donors (Lipinski definition) is 0. The minimum Gasteiger partial charge on any atom is -0.337 e. The summed E-state index contributed by atoms with van der Waals surface area (Å²) in [5, 5.41) is 2.11. The van der Waals surface area contributed by atoms with Gasteiger partial charge in [-0.25, -0.2) is 9.97 Å². The van der Waals surface area contributed by atoms with Crippen molar-refractivity contribution >= 4 is 39.2 Å². The molecule has 1 amide bonds. The third-order valence-electron chi connectivity index (χ3n) is 4.45. The van der Waals surface area contributed by atoms with Crippen LogP contribution in [0.25, 0.3) is 10.2 Å². The molecule has 0 spiro atoms. The van der Waals surface area contributed by atoms with Gasteiger partial charge in [-0.15, -0.1) is 23.1 Å². The van der Waals surface area contributed by atoms with E-state index < -0.39 is 0 Å². The summed E-state index contributed by atoms with van der Waals surface area (Å²) in [5.41, 5.74) is 0. The molecule has 1 fully saturated rings. The van der Waals surface area contributed by atoms with Gasteiger partial charge in [0, 0.05) is 34.5 Å². The highest BCUT2D eigenvalue weighted by molar-refractivity contribution is 7.99. The third kappa shape index (κ3) is 3.69. The standard InChI is InChI=1S/C17H23N3OS2/c1-11-5-4-6-12(2)20(11)15(21)7-8-22-16-14-9-13(3)23-17(14)19-10-18-16/h9-12H,4-8H2,1-3H3. The van der Waals surface area contributed by atoms with E-state index in [0.29, 0.717) is 18.5 Å². The minimum atomic E-state index is 0.281. The highest BCUT2D eigenvalue weighted by Crippen LogP contribution is 2.31. The van der Waals surface area contributed by atoms with Crippen LogP contribution in [0, 0.1) is 6.92 Å². The molecular weight excluding hydrogens is 326 g/mol. The van der Waals surface area contributed by atoms with Crippen LogP contribution in [-0.2, 0) is 4.79 Å². The Morgan fingerprint density at radius 2 is 2.09 bits per heavy atom. The predicted octanol–water partition coefficient (Wildman–Crippen LogP) is 4.27. The summed E-state index contributed by atoms with van der Waals surface area (Å²) in [5.74, 6) is 1.06. The number of rotatable bonds is 4. The lowest BCUT2D eigenvalue weighted by atomic mass is 9.97. The number of thiophene rings is 1. The van der Waals surface area contributed by atoms with Crippen LogP contribution >= 0.6 is 23.1 Å². The van der Waals surface area contributed by atoms with Crippen molar-refractivity contribution in [3.8, 4) is 0 Å². The van der Waals surface area contributed by atoms with E-state index in [1.165, 1.54) is 11.3 Å². The summed E-state index contributed by atoms with van der Waals surface area (Å²) in [7, 11) is 0. The van der Waals surface area contributed by atoms with Gasteiger partial charge in [0.05, 0.1) is 0 Å². The maximum Gasteiger partial charge on any atom is 0.223 e. The summed E-state index contributed by atoms with van der Waals surface area (Å²) in [6, 6.07) is 2.89. The molecule has 0 aromatic carbocycles. The maximum absolute atomic E-state index is 12.6. The van der Waals surface area contributed by atoms with Crippen LogP contribution in [0.1, 0.15) is 44.4 Å². The second kappa shape index (κ2) is 7.18. The van der Waals surface area contributed by atoms with Gasteiger partial charge in [-0.05, 0) is 46.1 Å². The molecule has 4 nitrogen and oxygen atoms in total. The highest BCUT2D eigenvalue weighted by atomic mass is 32.2. The molecule has 3 heterocycles. The number of likely N-dealkylation sites (tertiary alicyclic amines) is 1. The first-order chi connectivity index (χ1) is 11.1. The second-order valence-corrected chi connectivity index (χ2v) is 8.60. The number of nitrogens with zero attached hydrogens (tertiary/aromatic N) is 3. The van der Waals surface area contributed by atoms with Crippen molar-refractivity contribution < 1.29 is 4.79 Å². The Hall–Kier alpha value is -1.14. The van der Waals surface area contributed by atoms with Crippen LogP contribution in [0.2, 0.25) is 0 Å². The monoisotopic (exact) mass is 349 g/mol. The molecule has 6 heteroatoms. The normalized spacial score (nSPS) is 21.8. The predicted molar refractivity (Wildman–Crippen MR) is 97.1 cm³/mol. The summed E-state index contributed by atoms with van der Waals surface area (Å²) in [4.78, 5) is 25.6. The van der Waals surface area contributed by atoms with Crippen LogP contribution in [0.4, 0.5) is 0 Å². The van der Waals surface area contributed by atoms with Crippen LogP contribution in [0.15, 0.2) is 17.4 Å². The van der Waals surface area contributed by atoms with Crippen LogP contribution < -0.4 is 0 Å². The zero-order valence-corrected chi connectivity index (χ0v) is 15.5. The number of amides is 1. The Labute approximate surface area is 145 Å². The Balaban J connectivity index is 1.61. The average molecular weight is 350 g/mol. The van der Waals surface area contributed by atoms with Crippen LogP contribution in [0.5, 0.6) is 0 Å². The first-order valence-corrected chi connectivity index (χ1v) is 10.0. The number of aryl methyl sites for hydroxylation is 1. The number of aromatic nitrogens is 2. The summed E-state index contributed by atoms with van der Waals surface area (Å²) in [6.07, 6.45) is 5.69. The van der Waals surface area contributed by atoms with Crippen molar-refractivity contribution in [2.24, 2.45) is 0 Å². The molecule has 0 radical (unpaired) electrons. The number of carbonyl (C=O) groups is 1. The molecule has 0 bridgehead atoms. The van der Waals surface area contributed by atoms with Gasteiger partial charge >= 0.3 is 0 Å². The lowest BCUT2D eigenvalue weighted by molar-refractivity contribution is -0.136. The van der Waals surface area contributed by atoms with E-state index in [9.17, 15) is 4.79 Å². The Morgan fingerprint density at radius 1 is 1.35 bits per heavy atom. The molecule has 2 aromatic rings. The van der Waals surface area contributed by atoms with Gasteiger partial charge < -0.3 is 4.90 Å². The molecular formula is C17H23N3OS2. The van der Waals surface area contributed by atoms with Gasteiger partial charge in [0.15, 0.2) is 0 Å². The molecule has 2 atom stereocenters. The molecule has 3 rings (SSSR count). The lowest BCUT2D eigenvalue weighted by Crippen LogP contribution is -2.47. The second-order valence-electron chi connectivity index (χ2n) is 6.28. The largest absolute Gasteiger partial charge is 0.337 e.